The lowest BCUT2D eigenvalue weighted by Gasteiger charge is -2.04. The van der Waals surface area contributed by atoms with E-state index in [1.165, 1.54) is 11.3 Å². The van der Waals surface area contributed by atoms with E-state index in [0.717, 1.165) is 15.8 Å². The minimum atomic E-state index is -3.39. The summed E-state index contributed by atoms with van der Waals surface area (Å²) in [4.78, 5) is 17.1. The van der Waals surface area contributed by atoms with Gasteiger partial charge >= 0.3 is 0 Å². The standard InChI is InChI=1S/C19H19ClN2O3S2/c1-13-8-10-14(11-9-13)27(24,25)12-4-7-17(23)21-19-22(2)18-15(20)5-3-6-16(18)26-19/h3,5-6,8-11H,4,7,12H2,1-2H3. The van der Waals surface area contributed by atoms with E-state index in [4.69, 9.17) is 11.6 Å². The van der Waals surface area contributed by atoms with Crippen LogP contribution in [0.15, 0.2) is 52.4 Å². The summed E-state index contributed by atoms with van der Waals surface area (Å²) >= 11 is 7.58. The maximum Gasteiger partial charge on any atom is 0.248 e. The fourth-order valence-corrected chi connectivity index (χ4v) is 5.43. The quantitative estimate of drug-likeness (QED) is 0.626. The van der Waals surface area contributed by atoms with Crippen molar-refractivity contribution in [3.63, 3.8) is 0 Å². The fourth-order valence-electron chi connectivity index (χ4n) is 2.70. The van der Waals surface area contributed by atoms with Crippen LogP contribution in [-0.4, -0.2) is 24.6 Å². The van der Waals surface area contributed by atoms with E-state index in [9.17, 15) is 13.2 Å². The number of halogens is 1. The summed E-state index contributed by atoms with van der Waals surface area (Å²) in [6.45, 7) is 1.90. The molecule has 0 aliphatic rings. The fraction of sp³-hybridized carbons (Fsp3) is 0.263. The Balaban J connectivity index is 1.70. The van der Waals surface area contributed by atoms with Gasteiger partial charge in [0.1, 0.15) is 0 Å². The maximum absolute atomic E-state index is 12.3. The van der Waals surface area contributed by atoms with Gasteiger partial charge in [-0.25, -0.2) is 8.42 Å². The van der Waals surface area contributed by atoms with Crippen molar-refractivity contribution in [2.24, 2.45) is 12.0 Å². The molecule has 0 aliphatic heterocycles. The number of hydrogen-bond acceptors (Lipinski definition) is 4. The van der Waals surface area contributed by atoms with E-state index in [-0.39, 0.29) is 29.4 Å². The second kappa shape index (κ2) is 7.96. The average molecular weight is 423 g/mol. The van der Waals surface area contributed by atoms with E-state index in [0.29, 0.717) is 9.82 Å². The third kappa shape index (κ3) is 4.48. The van der Waals surface area contributed by atoms with Gasteiger partial charge in [0.2, 0.25) is 5.91 Å². The van der Waals surface area contributed by atoms with Crippen LogP contribution >= 0.6 is 22.9 Å². The normalized spacial score (nSPS) is 12.6. The highest BCUT2D eigenvalue weighted by atomic mass is 35.5. The van der Waals surface area contributed by atoms with Gasteiger partial charge in [-0.1, -0.05) is 46.7 Å². The number of aryl methyl sites for hydroxylation is 2. The van der Waals surface area contributed by atoms with Crippen LogP contribution < -0.4 is 4.80 Å². The van der Waals surface area contributed by atoms with Gasteiger partial charge in [0.05, 0.1) is 25.9 Å². The van der Waals surface area contributed by atoms with Crippen molar-refractivity contribution in [3.8, 4) is 0 Å². The first-order valence-electron chi connectivity index (χ1n) is 8.39. The largest absolute Gasteiger partial charge is 0.318 e. The van der Waals surface area contributed by atoms with Crippen molar-refractivity contribution in [1.29, 1.82) is 0 Å². The first-order valence-corrected chi connectivity index (χ1v) is 11.2. The zero-order chi connectivity index (χ0) is 19.6. The van der Waals surface area contributed by atoms with Crippen LogP contribution in [0.3, 0.4) is 0 Å². The molecule has 0 spiro atoms. The number of nitrogens with zero attached hydrogens (tertiary/aromatic N) is 2. The number of benzene rings is 2. The van der Waals surface area contributed by atoms with Crippen molar-refractivity contribution < 1.29 is 13.2 Å². The number of hydrogen-bond donors (Lipinski definition) is 0. The molecule has 0 atom stereocenters. The highest BCUT2D eigenvalue weighted by Gasteiger charge is 2.15. The number of carbonyl (C=O) groups excluding carboxylic acids is 1. The topological polar surface area (TPSA) is 68.5 Å². The van der Waals surface area contributed by atoms with Crippen molar-refractivity contribution >= 4 is 48.9 Å². The van der Waals surface area contributed by atoms with Crippen molar-refractivity contribution in [2.75, 3.05) is 5.75 Å². The van der Waals surface area contributed by atoms with E-state index >= 15 is 0 Å². The molecule has 0 bridgehead atoms. The van der Waals surface area contributed by atoms with E-state index in [1.54, 1.807) is 41.9 Å². The molecule has 5 nitrogen and oxygen atoms in total. The zero-order valence-electron chi connectivity index (χ0n) is 15.0. The molecule has 0 radical (unpaired) electrons. The van der Waals surface area contributed by atoms with Crippen LogP contribution in [0.2, 0.25) is 5.02 Å². The van der Waals surface area contributed by atoms with Gasteiger partial charge in [0.15, 0.2) is 14.6 Å². The summed E-state index contributed by atoms with van der Waals surface area (Å²) in [7, 11) is -1.59. The number of rotatable bonds is 5. The van der Waals surface area contributed by atoms with Crippen LogP contribution in [0.5, 0.6) is 0 Å². The number of aromatic nitrogens is 1. The van der Waals surface area contributed by atoms with Gasteiger partial charge < -0.3 is 4.57 Å². The molecule has 0 fully saturated rings. The van der Waals surface area contributed by atoms with Crippen molar-refractivity contribution in [1.82, 2.24) is 4.57 Å². The minimum absolute atomic E-state index is 0.0765. The molecule has 1 amide bonds. The Kier molecular flexibility index (Phi) is 5.83. The van der Waals surface area contributed by atoms with Gasteiger partial charge in [0.25, 0.3) is 0 Å². The molecule has 0 unspecified atom stereocenters. The summed E-state index contributed by atoms with van der Waals surface area (Å²) in [5, 5.41) is 0.601. The summed E-state index contributed by atoms with van der Waals surface area (Å²) < 4.78 is 27.4. The summed E-state index contributed by atoms with van der Waals surface area (Å²) in [5.41, 5.74) is 1.83. The Hall–Kier alpha value is -1.96. The number of amides is 1. The molecule has 1 heterocycles. The maximum atomic E-state index is 12.3. The summed E-state index contributed by atoms with van der Waals surface area (Å²) in [6, 6.07) is 12.3. The molecule has 0 saturated heterocycles. The number of para-hydroxylation sites is 1. The lowest BCUT2D eigenvalue weighted by atomic mass is 10.2. The van der Waals surface area contributed by atoms with Gasteiger partial charge in [-0.2, -0.15) is 4.99 Å². The molecule has 8 heteroatoms. The zero-order valence-corrected chi connectivity index (χ0v) is 17.4. The second-order valence-electron chi connectivity index (χ2n) is 6.27. The van der Waals surface area contributed by atoms with Crippen LogP contribution in [0, 0.1) is 6.92 Å². The van der Waals surface area contributed by atoms with Crippen LogP contribution in [0.4, 0.5) is 0 Å². The molecule has 2 aromatic carbocycles. The van der Waals surface area contributed by atoms with Gasteiger partial charge in [-0.15, -0.1) is 0 Å². The Bertz CT molecular complexity index is 1160. The summed E-state index contributed by atoms with van der Waals surface area (Å²) in [6.07, 6.45) is 0.307. The summed E-state index contributed by atoms with van der Waals surface area (Å²) in [5.74, 6) is -0.422. The smallest absolute Gasteiger partial charge is 0.248 e. The number of thiazole rings is 1. The molecule has 27 heavy (non-hydrogen) atoms. The van der Waals surface area contributed by atoms with Gasteiger partial charge in [0, 0.05) is 13.5 Å². The third-order valence-corrected chi connectivity index (χ3v) is 7.40. The Labute approximate surface area is 166 Å². The highest BCUT2D eigenvalue weighted by Crippen LogP contribution is 2.24. The second-order valence-corrected chi connectivity index (χ2v) is 9.80. The lowest BCUT2D eigenvalue weighted by Crippen LogP contribution is -2.14. The van der Waals surface area contributed by atoms with Crippen molar-refractivity contribution in [2.45, 2.75) is 24.7 Å². The minimum Gasteiger partial charge on any atom is -0.318 e. The van der Waals surface area contributed by atoms with E-state index in [2.05, 4.69) is 4.99 Å². The van der Waals surface area contributed by atoms with Crippen LogP contribution in [-0.2, 0) is 21.7 Å². The number of fused-ring (bicyclic) bond motifs is 1. The Morgan fingerprint density at radius 2 is 1.89 bits per heavy atom. The first kappa shape index (κ1) is 19.8. The monoisotopic (exact) mass is 422 g/mol. The molecule has 1 aromatic heterocycles. The third-order valence-electron chi connectivity index (χ3n) is 4.18. The Morgan fingerprint density at radius 1 is 1.19 bits per heavy atom. The lowest BCUT2D eigenvalue weighted by molar-refractivity contribution is -0.118. The van der Waals surface area contributed by atoms with Crippen LogP contribution in [0.1, 0.15) is 18.4 Å². The number of sulfone groups is 1. The predicted molar refractivity (Wildman–Crippen MR) is 109 cm³/mol. The molecule has 3 aromatic rings. The molecular formula is C19H19ClN2O3S2. The number of carbonyl (C=O) groups is 1. The SMILES string of the molecule is Cc1ccc(S(=O)(=O)CCCC(=O)N=c2sc3cccc(Cl)c3n2C)cc1. The van der Waals surface area contributed by atoms with Gasteiger partial charge in [-0.3, -0.25) is 4.79 Å². The molecule has 3 rings (SSSR count). The highest BCUT2D eigenvalue weighted by molar-refractivity contribution is 7.91. The Morgan fingerprint density at radius 3 is 2.56 bits per heavy atom. The molecular weight excluding hydrogens is 404 g/mol. The predicted octanol–water partition coefficient (Wildman–Crippen LogP) is 3.88. The van der Waals surface area contributed by atoms with E-state index < -0.39 is 9.84 Å². The molecule has 142 valence electrons. The molecule has 0 N–H and O–H groups in total. The molecule has 0 aliphatic carbocycles. The van der Waals surface area contributed by atoms with Gasteiger partial charge in [-0.05, 0) is 37.6 Å². The van der Waals surface area contributed by atoms with Crippen molar-refractivity contribution in [3.05, 3.63) is 57.9 Å². The van der Waals surface area contributed by atoms with Crippen LogP contribution in [0.25, 0.3) is 10.2 Å². The first-order chi connectivity index (χ1) is 12.8. The van der Waals surface area contributed by atoms with E-state index in [1.807, 2.05) is 19.1 Å². The molecule has 0 saturated carbocycles. The average Bonchev–Trinajstić information content (AvgIpc) is 2.92.